The first-order valence-electron chi connectivity index (χ1n) is 5.26. The number of rotatable bonds is 8. The van der Waals surface area contributed by atoms with Crippen LogP contribution in [0, 0.1) is 0 Å². The highest BCUT2D eigenvalue weighted by molar-refractivity contribution is 5.72. The maximum Gasteiger partial charge on any atom is 0.216 e. The lowest BCUT2D eigenvalue weighted by Crippen LogP contribution is -2.20. The average molecular weight is 198 g/mol. The van der Waals surface area contributed by atoms with Crippen LogP contribution in [0.4, 0.5) is 0 Å². The van der Waals surface area contributed by atoms with Crippen molar-refractivity contribution < 1.29 is 4.79 Å². The Hall–Kier alpha value is -0.990. The lowest BCUT2D eigenvalue weighted by Gasteiger charge is -2.05. The average Bonchev–Trinajstić information content (AvgIpc) is 2.08. The first-order valence-corrected chi connectivity index (χ1v) is 5.26. The summed E-state index contributed by atoms with van der Waals surface area (Å²) in [5, 5.41) is 5.98. The first kappa shape index (κ1) is 13.0. The normalized spacial score (nSPS) is 9.57. The van der Waals surface area contributed by atoms with Crippen LogP contribution in [0.25, 0.3) is 0 Å². The van der Waals surface area contributed by atoms with Crippen molar-refractivity contribution in [1.82, 2.24) is 10.6 Å². The number of carbonyl (C=O) groups is 1. The highest BCUT2D eigenvalue weighted by Gasteiger charge is 1.92. The number of hydrogen-bond donors (Lipinski definition) is 2. The van der Waals surface area contributed by atoms with Crippen molar-refractivity contribution in [3.63, 3.8) is 0 Å². The summed E-state index contributed by atoms with van der Waals surface area (Å²) < 4.78 is 0. The van der Waals surface area contributed by atoms with Gasteiger partial charge in [-0.1, -0.05) is 19.4 Å². The Balaban J connectivity index is 2.99. The second-order valence-electron chi connectivity index (χ2n) is 3.60. The van der Waals surface area contributed by atoms with Crippen LogP contribution in [0.5, 0.6) is 0 Å². The highest BCUT2D eigenvalue weighted by atomic mass is 16.1. The Morgan fingerprint density at radius 2 is 1.50 bits per heavy atom. The van der Waals surface area contributed by atoms with Gasteiger partial charge in [0, 0.05) is 25.7 Å². The maximum absolute atomic E-state index is 10.5. The molecule has 0 aliphatic rings. The third-order valence-electron chi connectivity index (χ3n) is 1.90. The molecule has 0 rings (SSSR count). The van der Waals surface area contributed by atoms with Gasteiger partial charge in [0.05, 0.1) is 0 Å². The molecule has 0 unspecified atom stereocenters. The van der Waals surface area contributed by atoms with E-state index in [1.807, 2.05) is 6.92 Å². The number of hydrogen-bond acceptors (Lipinski definition) is 2. The molecule has 3 heteroatoms. The summed E-state index contributed by atoms with van der Waals surface area (Å²) in [5.74, 6) is 0.0638. The number of unbranched alkanes of at least 4 members (excludes halogenated alkanes) is 3. The molecular formula is C11H22N2O. The van der Waals surface area contributed by atoms with Gasteiger partial charge in [-0.15, -0.1) is 0 Å². The lowest BCUT2D eigenvalue weighted by molar-refractivity contribution is -0.118. The molecule has 0 fully saturated rings. The van der Waals surface area contributed by atoms with E-state index in [0.717, 1.165) is 25.2 Å². The monoisotopic (exact) mass is 198 g/mol. The number of carbonyl (C=O) groups excluding carboxylic acids is 1. The fourth-order valence-electron chi connectivity index (χ4n) is 1.17. The summed E-state index contributed by atoms with van der Waals surface area (Å²) >= 11 is 0. The van der Waals surface area contributed by atoms with Crippen molar-refractivity contribution in [3.05, 3.63) is 12.3 Å². The number of nitrogens with one attached hydrogen (secondary N) is 2. The van der Waals surface area contributed by atoms with Gasteiger partial charge in [0.1, 0.15) is 0 Å². The van der Waals surface area contributed by atoms with Gasteiger partial charge in [0.2, 0.25) is 5.91 Å². The van der Waals surface area contributed by atoms with Gasteiger partial charge in [0.15, 0.2) is 0 Å². The lowest BCUT2D eigenvalue weighted by atomic mass is 10.2. The predicted octanol–water partition coefficient (Wildman–Crippen LogP) is 1.81. The standard InChI is InChI=1S/C11H22N2O/c1-10(2)12-8-6-4-5-7-9-13-11(3)14/h12H,1,4-9H2,2-3H3,(H,13,14). The van der Waals surface area contributed by atoms with Crippen LogP contribution in [-0.2, 0) is 4.79 Å². The summed E-state index contributed by atoms with van der Waals surface area (Å²) in [7, 11) is 0. The first-order chi connectivity index (χ1) is 6.63. The molecular weight excluding hydrogens is 176 g/mol. The molecule has 0 aromatic heterocycles. The van der Waals surface area contributed by atoms with Gasteiger partial charge in [0.25, 0.3) is 0 Å². The molecule has 0 aromatic rings. The van der Waals surface area contributed by atoms with E-state index >= 15 is 0 Å². The topological polar surface area (TPSA) is 41.1 Å². The molecule has 82 valence electrons. The minimum absolute atomic E-state index is 0.0638. The summed E-state index contributed by atoms with van der Waals surface area (Å²) in [4.78, 5) is 10.5. The number of allylic oxidation sites excluding steroid dienone is 1. The molecule has 0 spiro atoms. The third-order valence-corrected chi connectivity index (χ3v) is 1.90. The Morgan fingerprint density at radius 3 is 1.93 bits per heavy atom. The second kappa shape index (κ2) is 8.60. The van der Waals surface area contributed by atoms with E-state index < -0.39 is 0 Å². The molecule has 0 saturated heterocycles. The second-order valence-corrected chi connectivity index (χ2v) is 3.60. The summed E-state index contributed by atoms with van der Waals surface area (Å²) in [6.45, 7) is 9.10. The van der Waals surface area contributed by atoms with Crippen LogP contribution in [0.2, 0.25) is 0 Å². The van der Waals surface area contributed by atoms with E-state index in [9.17, 15) is 4.79 Å². The third kappa shape index (κ3) is 11.0. The SMILES string of the molecule is C=C(C)NCCCCCCNC(C)=O. The van der Waals surface area contributed by atoms with Crippen molar-refractivity contribution in [2.24, 2.45) is 0 Å². The van der Waals surface area contributed by atoms with Gasteiger partial charge in [-0.2, -0.15) is 0 Å². The largest absolute Gasteiger partial charge is 0.389 e. The zero-order chi connectivity index (χ0) is 10.8. The minimum Gasteiger partial charge on any atom is -0.389 e. The zero-order valence-corrected chi connectivity index (χ0v) is 9.36. The van der Waals surface area contributed by atoms with E-state index in [1.165, 1.54) is 19.3 Å². The summed E-state index contributed by atoms with van der Waals surface area (Å²) in [6.07, 6.45) is 4.64. The van der Waals surface area contributed by atoms with Gasteiger partial charge >= 0.3 is 0 Å². The predicted molar refractivity (Wildman–Crippen MR) is 60.0 cm³/mol. The smallest absolute Gasteiger partial charge is 0.216 e. The Kier molecular flexibility index (Phi) is 7.99. The van der Waals surface area contributed by atoms with Gasteiger partial charge in [-0.25, -0.2) is 0 Å². The van der Waals surface area contributed by atoms with Crippen LogP contribution in [0.1, 0.15) is 39.5 Å². The molecule has 0 aliphatic carbocycles. The molecule has 0 aromatic carbocycles. The fraction of sp³-hybridized carbons (Fsp3) is 0.727. The zero-order valence-electron chi connectivity index (χ0n) is 9.36. The Bertz CT molecular complexity index is 158. The minimum atomic E-state index is 0.0638. The Labute approximate surface area is 87.0 Å². The molecule has 0 atom stereocenters. The highest BCUT2D eigenvalue weighted by Crippen LogP contribution is 1.98. The van der Waals surface area contributed by atoms with Gasteiger partial charge in [-0.05, 0) is 19.8 Å². The van der Waals surface area contributed by atoms with Crippen LogP contribution in [0.15, 0.2) is 12.3 Å². The summed E-state index contributed by atoms with van der Waals surface area (Å²) in [5.41, 5.74) is 1.03. The van der Waals surface area contributed by atoms with E-state index in [1.54, 1.807) is 6.92 Å². The molecule has 1 amide bonds. The molecule has 0 aliphatic heterocycles. The van der Waals surface area contributed by atoms with Crippen molar-refractivity contribution >= 4 is 5.91 Å². The van der Waals surface area contributed by atoms with Crippen molar-refractivity contribution in [1.29, 1.82) is 0 Å². The maximum atomic E-state index is 10.5. The van der Waals surface area contributed by atoms with Crippen LogP contribution < -0.4 is 10.6 Å². The van der Waals surface area contributed by atoms with E-state index in [2.05, 4.69) is 17.2 Å². The van der Waals surface area contributed by atoms with Gasteiger partial charge in [-0.3, -0.25) is 4.79 Å². The Morgan fingerprint density at radius 1 is 1.00 bits per heavy atom. The van der Waals surface area contributed by atoms with E-state index in [4.69, 9.17) is 0 Å². The van der Waals surface area contributed by atoms with Crippen LogP contribution in [-0.4, -0.2) is 19.0 Å². The van der Waals surface area contributed by atoms with Crippen molar-refractivity contribution in [3.8, 4) is 0 Å². The van der Waals surface area contributed by atoms with Crippen molar-refractivity contribution in [2.45, 2.75) is 39.5 Å². The van der Waals surface area contributed by atoms with Gasteiger partial charge < -0.3 is 10.6 Å². The molecule has 3 nitrogen and oxygen atoms in total. The quantitative estimate of drug-likeness (QED) is 0.584. The molecule has 0 saturated carbocycles. The molecule has 0 radical (unpaired) electrons. The summed E-state index contributed by atoms with van der Waals surface area (Å²) in [6, 6.07) is 0. The molecule has 0 heterocycles. The van der Waals surface area contributed by atoms with Crippen LogP contribution >= 0.6 is 0 Å². The van der Waals surface area contributed by atoms with E-state index in [0.29, 0.717) is 0 Å². The number of amides is 1. The van der Waals surface area contributed by atoms with E-state index in [-0.39, 0.29) is 5.91 Å². The molecule has 0 bridgehead atoms. The molecule has 14 heavy (non-hydrogen) atoms. The fourth-order valence-corrected chi connectivity index (χ4v) is 1.17. The molecule has 2 N–H and O–H groups in total. The van der Waals surface area contributed by atoms with Crippen molar-refractivity contribution in [2.75, 3.05) is 13.1 Å². The van der Waals surface area contributed by atoms with Crippen LogP contribution in [0.3, 0.4) is 0 Å².